The fourth-order valence-corrected chi connectivity index (χ4v) is 15.2. The summed E-state index contributed by atoms with van der Waals surface area (Å²) in [5, 5.41) is 17.4. The predicted octanol–water partition coefficient (Wildman–Crippen LogP) is 37.7. The molecule has 0 radical (unpaired) electrons. The Balaban J connectivity index is 0.000000430. The number of methoxy groups -OCH3 is 1. The zero-order valence-corrected chi connectivity index (χ0v) is 101. The van der Waals surface area contributed by atoms with Gasteiger partial charge < -0.3 is 38.1 Å². The van der Waals surface area contributed by atoms with Crippen LogP contribution in [-0.2, 0) is 33.8 Å². The van der Waals surface area contributed by atoms with E-state index in [2.05, 4.69) is 385 Å². The van der Waals surface area contributed by atoms with E-state index >= 15 is 0 Å². The Morgan fingerprint density at radius 3 is 0.913 bits per heavy atom. The van der Waals surface area contributed by atoms with E-state index in [0.717, 1.165) is 129 Å². The summed E-state index contributed by atoms with van der Waals surface area (Å²) in [5.41, 5.74) is 13.6. The fraction of sp³-hybridized carbons (Fsp3) is 0.489. The highest BCUT2D eigenvalue weighted by Gasteiger charge is 2.25. The minimum atomic E-state index is -3.12. The summed E-state index contributed by atoms with van der Waals surface area (Å²) in [5.74, 6) is 5.72. The van der Waals surface area contributed by atoms with Crippen molar-refractivity contribution in [2.75, 3.05) is 71.0 Å². The molecule has 0 atom stereocenters. The summed E-state index contributed by atoms with van der Waals surface area (Å²) in [6.45, 7) is 73.8. The minimum Gasteiger partial charge on any atom is -0.494 e. The largest absolute Gasteiger partial charge is 0.494 e. The Morgan fingerprint density at radius 1 is 0.320 bits per heavy atom. The van der Waals surface area contributed by atoms with Crippen molar-refractivity contribution in [1.29, 1.82) is 10.5 Å². The summed E-state index contributed by atoms with van der Waals surface area (Å²) in [4.78, 5) is 14.0. The molecule has 1 aliphatic heterocycles. The third-order valence-electron chi connectivity index (χ3n) is 23.4. The monoisotopic (exact) mass is 2130 g/mol. The van der Waals surface area contributed by atoms with Gasteiger partial charge >= 0.3 is 5.97 Å². The maximum absolute atomic E-state index is 11.2. The third kappa shape index (κ3) is 71.6. The standard InChI is InChI=1S/C18H22O.C17H24N2.C14H20O3.C13H17NO.C13H20O3S.C13H20.C12H17BrO.C12H18O.C12H18.C11H16/c1-18(2,3)13-14-19-17-11-9-16(10-12-17)15-7-5-4-6-8-15;1-17(2,3)12-14-8-10-19(11-9-14)16-6-4-15(13-18)5-7-16;1-14(2,3)9-10-17-12-7-5-11(6-8-12)13(15)16-4;1-13(2,3)8-9-15-12-6-4-11(10-14)5-7-12;1-13(2,3)9-10-16-11-5-7-12(8-6-11)17(4,14)15;1-13(2,3)11-7-10-12-8-5-4-6-9-12;1-12(2,3)8-9-14-11-6-4-10(13)5-7-11;1-12(2,3)9-10-13-11-7-5-4-6-8-11;1-12(2,3)10-9-11-7-5-4-6-8-11;1-11(2,3)9-10-7-5-4-6-8-10/h4-12H,13-14H2,1-3H3;4-7,14H,8-12H2,1-3H3;5-8H,9-10H2,1-4H3;4-7H,8-9H2,1-3H3;5-8H,9-10H2,1-4H3;4-6,8-9H,7,10-11H2,1-3H3;4-7H,8-9H2,1-3H3;4-8H,9-10H2,1-3H3;4-8H,9-10H2,1-3H3;4-8H,9H2,1-3H3. The maximum Gasteiger partial charge on any atom is 0.337 e. The number of sulfone groups is 1. The number of hydrogen-bond donors (Lipinski definition) is 0. The topological polar surface area (TPSA) is 167 Å². The molecule has 0 bridgehead atoms. The number of piperidine rings is 1. The molecule has 1 saturated heterocycles. The van der Waals surface area contributed by atoms with Crippen LogP contribution in [-0.4, -0.2) is 80.5 Å². The average Bonchev–Trinajstić information content (AvgIpc) is 0.884. The summed E-state index contributed by atoms with van der Waals surface area (Å²) in [7, 11) is -1.75. The second-order valence-electron chi connectivity index (χ2n) is 51.0. The number of para-hydroxylation sites is 1. The van der Waals surface area contributed by atoms with Gasteiger partial charge in [0.1, 0.15) is 34.5 Å². The first-order valence-electron chi connectivity index (χ1n) is 54.0. The number of halogens is 1. The summed E-state index contributed by atoms with van der Waals surface area (Å²) in [6.07, 6.45) is 18.7. The van der Waals surface area contributed by atoms with Gasteiger partial charge in [0.2, 0.25) is 0 Å². The summed E-state index contributed by atoms with van der Waals surface area (Å²) >= 11 is 3.39. The van der Waals surface area contributed by atoms with Crippen LogP contribution in [0.3, 0.4) is 0 Å². The van der Waals surface area contributed by atoms with Gasteiger partial charge in [-0.3, -0.25) is 0 Å². The number of hydrogen-bond acceptors (Lipinski definition) is 13. The van der Waals surface area contributed by atoms with Crippen LogP contribution in [0, 0.1) is 82.7 Å². The maximum atomic E-state index is 11.2. The second-order valence-corrected chi connectivity index (χ2v) is 54.0. The van der Waals surface area contributed by atoms with Crippen molar-refractivity contribution in [2.45, 2.75) is 309 Å². The molecular weight excluding hydrogens is 1940 g/mol. The van der Waals surface area contributed by atoms with Crippen LogP contribution in [0.5, 0.6) is 34.5 Å². The Morgan fingerprint density at radius 2 is 0.600 bits per heavy atom. The van der Waals surface area contributed by atoms with E-state index in [-0.39, 0.29) is 16.8 Å². The van der Waals surface area contributed by atoms with E-state index < -0.39 is 9.84 Å². The molecule has 820 valence electrons. The van der Waals surface area contributed by atoms with Gasteiger partial charge in [-0.1, -0.05) is 375 Å². The number of aryl methyl sites for hydroxylation is 2. The third-order valence-corrected chi connectivity index (χ3v) is 25.1. The van der Waals surface area contributed by atoms with Crippen LogP contribution in [0.2, 0.25) is 0 Å². The van der Waals surface area contributed by atoms with Crippen molar-refractivity contribution < 1.29 is 46.4 Å². The molecular formula is C135H192BrN3O10S. The van der Waals surface area contributed by atoms with Crippen LogP contribution in [0.4, 0.5) is 5.69 Å². The SMILES string of the molecule is CC(C)(C)CC1CCN(c2ccc(C#N)cc2)CC1.CC(C)(C)CCCc1ccccc1.CC(C)(C)CCOc1ccc(-c2ccccc2)cc1.CC(C)(C)CCOc1ccc(Br)cc1.CC(C)(C)CCOc1ccc(C#N)cc1.CC(C)(C)CCOc1ccc(S(C)(=O)=O)cc1.CC(C)(C)CCOc1ccccc1.CC(C)(C)CCc1ccccc1.CC(C)(C)Cc1ccccc1.COC(=O)c1ccc(OCCC(C)(C)C)cc1. The van der Waals surface area contributed by atoms with Crippen molar-refractivity contribution in [3.63, 3.8) is 0 Å². The zero-order chi connectivity index (χ0) is 112. The first kappa shape index (κ1) is 133. The van der Waals surface area contributed by atoms with Crippen molar-refractivity contribution in [3.8, 4) is 57.8 Å². The van der Waals surface area contributed by atoms with Gasteiger partial charge in [0.05, 0.1) is 80.5 Å². The van der Waals surface area contributed by atoms with Crippen molar-refractivity contribution >= 4 is 37.4 Å². The Hall–Kier alpha value is -11.1. The predicted molar refractivity (Wildman–Crippen MR) is 641 cm³/mol. The molecule has 0 N–H and O–H groups in total. The summed E-state index contributed by atoms with van der Waals surface area (Å²) < 4.78 is 61.9. The fourth-order valence-electron chi connectivity index (χ4n) is 14.3. The van der Waals surface area contributed by atoms with Crippen molar-refractivity contribution in [2.24, 2.45) is 60.1 Å². The number of nitrogens with zero attached hydrogens (tertiary/aromatic N) is 3. The van der Waals surface area contributed by atoms with E-state index in [1.165, 1.54) is 98.2 Å². The molecule has 150 heavy (non-hydrogen) atoms. The lowest BCUT2D eigenvalue weighted by atomic mass is 9.80. The molecule has 1 fully saturated rings. The van der Waals surface area contributed by atoms with Crippen LogP contribution < -0.4 is 33.3 Å². The first-order valence-corrected chi connectivity index (χ1v) is 56.7. The molecule has 15 heteroatoms. The van der Waals surface area contributed by atoms with E-state index in [1.54, 1.807) is 60.7 Å². The smallest absolute Gasteiger partial charge is 0.337 e. The van der Waals surface area contributed by atoms with Crippen LogP contribution in [0.15, 0.2) is 307 Å². The number of ether oxygens (including phenoxy) is 7. The number of carbonyl (C=O) groups excluding carboxylic acids is 1. The van der Waals surface area contributed by atoms with E-state index in [9.17, 15) is 13.2 Å². The van der Waals surface area contributed by atoms with Gasteiger partial charge in [0.25, 0.3) is 0 Å². The molecule has 11 aromatic rings. The highest BCUT2D eigenvalue weighted by atomic mass is 79.9. The molecule has 0 unspecified atom stereocenters. The first-order chi connectivity index (χ1) is 69.9. The van der Waals surface area contributed by atoms with Gasteiger partial charge in [-0.05, 0) is 330 Å². The average molecular weight is 2130 g/mol. The number of esters is 1. The highest BCUT2D eigenvalue weighted by Crippen LogP contribution is 2.35. The second kappa shape index (κ2) is 67.3. The van der Waals surface area contributed by atoms with Gasteiger partial charge in [0.15, 0.2) is 9.84 Å². The number of carbonyl (C=O) groups is 1. The van der Waals surface area contributed by atoms with E-state index in [0.29, 0.717) is 78.3 Å². The molecule has 0 aliphatic carbocycles. The minimum absolute atomic E-state index is 0.243. The lowest BCUT2D eigenvalue weighted by Gasteiger charge is -2.36. The molecule has 12 rings (SSSR count). The van der Waals surface area contributed by atoms with Crippen LogP contribution in [0.1, 0.15) is 323 Å². The number of anilines is 1. The highest BCUT2D eigenvalue weighted by molar-refractivity contribution is 9.10. The van der Waals surface area contributed by atoms with Gasteiger partial charge in [-0.15, -0.1) is 0 Å². The van der Waals surface area contributed by atoms with Crippen molar-refractivity contribution in [1.82, 2.24) is 0 Å². The lowest BCUT2D eigenvalue weighted by molar-refractivity contribution is 0.0600. The van der Waals surface area contributed by atoms with Crippen molar-refractivity contribution in [3.05, 3.63) is 335 Å². The molecule has 0 aromatic heterocycles. The Bertz CT molecular complexity index is 5520. The number of benzene rings is 11. The van der Waals surface area contributed by atoms with Gasteiger partial charge in [-0.25, -0.2) is 13.2 Å². The molecule has 1 aliphatic rings. The lowest BCUT2D eigenvalue weighted by Crippen LogP contribution is -2.34. The van der Waals surface area contributed by atoms with Gasteiger partial charge in [-0.2, -0.15) is 10.5 Å². The molecule has 1 heterocycles. The number of rotatable bonds is 29. The number of nitriles is 2. The molecule has 0 spiro atoms. The summed E-state index contributed by atoms with van der Waals surface area (Å²) in [6, 6.07) is 102. The molecule has 0 amide bonds. The van der Waals surface area contributed by atoms with Crippen LogP contribution in [0.25, 0.3) is 11.1 Å². The Kier molecular flexibility index (Phi) is 59.7. The van der Waals surface area contributed by atoms with E-state index in [1.807, 2.05) is 97.1 Å². The zero-order valence-electron chi connectivity index (χ0n) is 98.3. The molecule has 0 saturated carbocycles. The molecule has 13 nitrogen and oxygen atoms in total. The van der Waals surface area contributed by atoms with E-state index in [4.69, 9.17) is 38.9 Å². The van der Waals surface area contributed by atoms with Crippen LogP contribution >= 0.6 is 15.9 Å². The molecule has 11 aromatic carbocycles. The quantitative estimate of drug-likeness (QED) is 0.0407. The Labute approximate surface area is 920 Å². The normalized spacial score (nSPS) is 12.2. The van der Waals surface area contributed by atoms with Gasteiger partial charge in [0, 0.05) is 29.5 Å².